The Bertz CT molecular complexity index is 1150. The van der Waals surface area contributed by atoms with E-state index in [0.717, 1.165) is 44.3 Å². The van der Waals surface area contributed by atoms with Gasteiger partial charge in [-0.15, -0.1) is 5.10 Å². The van der Waals surface area contributed by atoms with Crippen LogP contribution in [0.5, 0.6) is 5.75 Å². The molecule has 1 aliphatic rings. The first kappa shape index (κ1) is 22.3. The number of nitrogens with zero attached hydrogens (tertiary/aromatic N) is 6. The first-order valence-corrected chi connectivity index (χ1v) is 11.7. The van der Waals surface area contributed by atoms with E-state index in [1.54, 1.807) is 7.11 Å². The summed E-state index contributed by atoms with van der Waals surface area (Å²) in [6.07, 6.45) is 0. The minimum Gasteiger partial charge on any atom is -0.497 e. The molecular weight excluding hydrogens is 424 g/mol. The predicted molar refractivity (Wildman–Crippen MR) is 131 cm³/mol. The molecule has 1 saturated heterocycles. The van der Waals surface area contributed by atoms with Gasteiger partial charge in [0.1, 0.15) is 5.75 Å². The Kier molecular flexibility index (Phi) is 6.93. The molecule has 1 atom stereocenters. The molecule has 174 valence electrons. The van der Waals surface area contributed by atoms with E-state index in [1.165, 1.54) is 16.7 Å². The lowest BCUT2D eigenvalue weighted by molar-refractivity contribution is 0.100. The summed E-state index contributed by atoms with van der Waals surface area (Å²) in [6, 6.07) is 29.3. The third kappa shape index (κ3) is 5.16. The van der Waals surface area contributed by atoms with Crippen molar-refractivity contribution in [2.24, 2.45) is 0 Å². The largest absolute Gasteiger partial charge is 0.497 e. The van der Waals surface area contributed by atoms with Crippen molar-refractivity contribution in [3.63, 3.8) is 0 Å². The van der Waals surface area contributed by atoms with Crippen LogP contribution in [0.2, 0.25) is 0 Å². The fraction of sp³-hybridized carbons (Fsp3) is 0.296. The Morgan fingerprint density at radius 2 is 1.38 bits per heavy atom. The predicted octanol–water partition coefficient (Wildman–Crippen LogP) is 3.64. The summed E-state index contributed by atoms with van der Waals surface area (Å²) >= 11 is 0. The summed E-state index contributed by atoms with van der Waals surface area (Å²) in [7, 11) is 1.69. The summed E-state index contributed by atoms with van der Waals surface area (Å²) in [5, 5.41) is 12.9. The van der Waals surface area contributed by atoms with Crippen LogP contribution in [0.15, 0.2) is 84.9 Å². The minimum absolute atomic E-state index is 0.0245. The van der Waals surface area contributed by atoms with Gasteiger partial charge in [-0.25, -0.2) is 4.68 Å². The smallest absolute Gasteiger partial charge is 0.173 e. The lowest BCUT2D eigenvalue weighted by Gasteiger charge is -2.39. The van der Waals surface area contributed by atoms with Gasteiger partial charge in [0.25, 0.3) is 0 Å². The van der Waals surface area contributed by atoms with Crippen LogP contribution in [0, 0.1) is 0 Å². The maximum absolute atomic E-state index is 5.39. The van der Waals surface area contributed by atoms with Crippen molar-refractivity contribution < 1.29 is 4.74 Å². The van der Waals surface area contributed by atoms with Gasteiger partial charge in [-0.3, -0.25) is 9.80 Å². The van der Waals surface area contributed by atoms with E-state index in [2.05, 4.69) is 79.9 Å². The summed E-state index contributed by atoms with van der Waals surface area (Å²) in [5.74, 6) is 1.71. The molecule has 0 N–H and O–H groups in total. The van der Waals surface area contributed by atoms with Crippen molar-refractivity contribution in [3.05, 3.63) is 107 Å². The van der Waals surface area contributed by atoms with Crippen molar-refractivity contribution in [2.45, 2.75) is 19.1 Å². The molecule has 1 unspecified atom stereocenters. The average molecular weight is 455 g/mol. The molecular formula is C27H30N6O. The Labute approximate surface area is 200 Å². The van der Waals surface area contributed by atoms with Crippen LogP contribution in [0.25, 0.3) is 0 Å². The molecule has 7 nitrogen and oxygen atoms in total. The van der Waals surface area contributed by atoms with E-state index < -0.39 is 0 Å². The fourth-order valence-corrected chi connectivity index (χ4v) is 4.61. The number of tetrazole rings is 1. The third-order valence-corrected chi connectivity index (χ3v) is 6.43. The van der Waals surface area contributed by atoms with E-state index in [0.29, 0.717) is 6.54 Å². The van der Waals surface area contributed by atoms with E-state index in [1.807, 2.05) is 35.0 Å². The van der Waals surface area contributed by atoms with Gasteiger partial charge in [0.2, 0.25) is 0 Å². The Morgan fingerprint density at radius 3 is 2.00 bits per heavy atom. The number of methoxy groups -OCH3 is 1. The molecule has 3 aromatic carbocycles. The molecule has 0 amide bonds. The van der Waals surface area contributed by atoms with E-state index in [4.69, 9.17) is 4.74 Å². The number of ether oxygens (including phenoxy) is 1. The molecule has 4 aromatic rings. The molecule has 7 heteroatoms. The van der Waals surface area contributed by atoms with Crippen LogP contribution >= 0.6 is 0 Å². The maximum atomic E-state index is 5.39. The highest BCUT2D eigenvalue weighted by Crippen LogP contribution is 2.30. The van der Waals surface area contributed by atoms with Crippen molar-refractivity contribution in [1.29, 1.82) is 0 Å². The number of aromatic nitrogens is 4. The average Bonchev–Trinajstić information content (AvgIpc) is 3.34. The minimum atomic E-state index is -0.0245. The topological polar surface area (TPSA) is 59.3 Å². The second-order valence-corrected chi connectivity index (χ2v) is 8.65. The quantitative estimate of drug-likeness (QED) is 0.405. The van der Waals surface area contributed by atoms with Gasteiger partial charge in [-0.1, -0.05) is 72.8 Å². The molecule has 1 fully saturated rings. The van der Waals surface area contributed by atoms with Crippen LogP contribution in [-0.2, 0) is 13.1 Å². The van der Waals surface area contributed by atoms with Crippen LogP contribution in [0.1, 0.15) is 28.6 Å². The van der Waals surface area contributed by atoms with Gasteiger partial charge in [-0.2, -0.15) is 0 Å². The zero-order valence-electron chi connectivity index (χ0n) is 19.5. The Morgan fingerprint density at radius 1 is 0.765 bits per heavy atom. The maximum Gasteiger partial charge on any atom is 0.173 e. The van der Waals surface area contributed by atoms with Crippen molar-refractivity contribution >= 4 is 0 Å². The molecule has 1 aliphatic heterocycles. The summed E-state index contributed by atoms with van der Waals surface area (Å²) in [6.45, 7) is 5.52. The first-order valence-electron chi connectivity index (χ1n) is 11.7. The fourth-order valence-electron chi connectivity index (χ4n) is 4.61. The number of piperazine rings is 1. The number of benzene rings is 3. The normalized spacial score (nSPS) is 15.8. The molecule has 0 spiro atoms. The van der Waals surface area contributed by atoms with Gasteiger partial charge in [0.05, 0.1) is 19.7 Å². The Balaban J connectivity index is 1.38. The summed E-state index contributed by atoms with van der Waals surface area (Å²) < 4.78 is 7.32. The summed E-state index contributed by atoms with van der Waals surface area (Å²) in [5.41, 5.74) is 3.70. The van der Waals surface area contributed by atoms with Gasteiger partial charge in [-0.05, 0) is 39.2 Å². The lowest BCUT2D eigenvalue weighted by Crippen LogP contribution is -2.48. The van der Waals surface area contributed by atoms with Crippen molar-refractivity contribution in [2.75, 3.05) is 33.3 Å². The SMILES string of the molecule is COc1ccc(C(c2nnnn2Cc2ccccc2)N2CCN(Cc3ccccc3)CC2)cc1. The molecule has 0 aliphatic carbocycles. The van der Waals surface area contributed by atoms with Crippen LogP contribution in [0.3, 0.4) is 0 Å². The highest BCUT2D eigenvalue weighted by molar-refractivity contribution is 5.32. The standard InChI is InChI=1S/C27H30N6O/c1-34-25-14-12-24(13-15-25)26(27-28-29-30-33(27)21-23-10-6-3-7-11-23)32-18-16-31(17-19-32)20-22-8-4-2-5-9-22/h2-15,26H,16-21H2,1H3. The van der Waals surface area contributed by atoms with Crippen LogP contribution in [-0.4, -0.2) is 63.3 Å². The highest BCUT2D eigenvalue weighted by Gasteiger charge is 2.30. The molecule has 34 heavy (non-hydrogen) atoms. The zero-order valence-corrected chi connectivity index (χ0v) is 19.5. The third-order valence-electron chi connectivity index (χ3n) is 6.43. The van der Waals surface area contributed by atoms with Gasteiger partial charge >= 0.3 is 0 Å². The zero-order chi connectivity index (χ0) is 23.2. The van der Waals surface area contributed by atoms with Gasteiger partial charge < -0.3 is 4.74 Å². The second kappa shape index (κ2) is 10.6. The molecule has 5 rings (SSSR count). The monoisotopic (exact) mass is 454 g/mol. The number of hydrogen-bond donors (Lipinski definition) is 0. The highest BCUT2D eigenvalue weighted by atomic mass is 16.5. The van der Waals surface area contributed by atoms with Crippen LogP contribution in [0.4, 0.5) is 0 Å². The number of hydrogen-bond acceptors (Lipinski definition) is 6. The van der Waals surface area contributed by atoms with E-state index in [9.17, 15) is 0 Å². The molecule has 1 aromatic heterocycles. The number of rotatable bonds is 8. The van der Waals surface area contributed by atoms with Crippen molar-refractivity contribution in [1.82, 2.24) is 30.0 Å². The molecule has 2 heterocycles. The summed E-state index contributed by atoms with van der Waals surface area (Å²) in [4.78, 5) is 5.01. The van der Waals surface area contributed by atoms with E-state index >= 15 is 0 Å². The van der Waals surface area contributed by atoms with Crippen LogP contribution < -0.4 is 4.74 Å². The molecule has 0 radical (unpaired) electrons. The lowest BCUT2D eigenvalue weighted by atomic mass is 10.0. The van der Waals surface area contributed by atoms with E-state index in [-0.39, 0.29) is 6.04 Å². The van der Waals surface area contributed by atoms with Crippen molar-refractivity contribution in [3.8, 4) is 5.75 Å². The Hall–Kier alpha value is -3.55. The second-order valence-electron chi connectivity index (χ2n) is 8.65. The molecule has 0 saturated carbocycles. The van der Waals surface area contributed by atoms with Gasteiger partial charge in [0, 0.05) is 32.7 Å². The first-order chi connectivity index (χ1) is 16.8. The van der Waals surface area contributed by atoms with Gasteiger partial charge in [0.15, 0.2) is 5.82 Å². The molecule has 0 bridgehead atoms.